The van der Waals surface area contributed by atoms with Crippen molar-refractivity contribution in [3.05, 3.63) is 30.5 Å². The van der Waals surface area contributed by atoms with Crippen LogP contribution in [-0.2, 0) is 26.2 Å². The molecule has 0 bridgehead atoms. The number of fused-ring (bicyclic) bond motifs is 1. The van der Waals surface area contributed by atoms with Crippen molar-refractivity contribution >= 4 is 28.7 Å². The molecule has 1 aromatic carbocycles. The molecular weight excluding hydrogens is 591 g/mol. The zero-order valence-corrected chi connectivity index (χ0v) is 24.8. The molecule has 0 radical (unpaired) electrons. The van der Waals surface area contributed by atoms with E-state index in [1.165, 1.54) is 0 Å². The summed E-state index contributed by atoms with van der Waals surface area (Å²) in [5, 5.41) is 5.49. The van der Waals surface area contributed by atoms with Crippen LogP contribution in [0.15, 0.2) is 30.5 Å². The molecular formula is C26H39IN4O6. The molecule has 0 aliphatic carbocycles. The first-order valence-corrected chi connectivity index (χ1v) is 12.1. The predicted octanol–water partition coefficient (Wildman–Crippen LogP) is -0.0735. The third-order valence-corrected chi connectivity index (χ3v) is 5.48. The van der Waals surface area contributed by atoms with Crippen molar-refractivity contribution in [1.29, 1.82) is 0 Å². The molecule has 2 heterocycles. The van der Waals surface area contributed by atoms with Crippen molar-refractivity contribution in [2.75, 3.05) is 31.6 Å². The van der Waals surface area contributed by atoms with Crippen molar-refractivity contribution in [3.63, 3.8) is 0 Å². The lowest BCUT2D eigenvalue weighted by atomic mass is 10.0. The Morgan fingerprint density at radius 2 is 1.73 bits per heavy atom. The number of carbonyl (C=O) groups excluding carboxylic acids is 2. The number of nitrogens with one attached hydrogen (secondary N) is 1. The second-order valence-electron chi connectivity index (χ2n) is 11.2. The highest BCUT2D eigenvalue weighted by molar-refractivity contribution is 5.84. The Morgan fingerprint density at radius 1 is 1.08 bits per heavy atom. The number of carbonyl (C=O) groups is 2. The highest BCUT2D eigenvalue weighted by Gasteiger charge is 2.34. The van der Waals surface area contributed by atoms with E-state index in [9.17, 15) is 9.59 Å². The van der Waals surface area contributed by atoms with Crippen LogP contribution in [0, 0.1) is 5.92 Å². The van der Waals surface area contributed by atoms with Crippen molar-refractivity contribution in [2.24, 2.45) is 18.9 Å². The number of nitrogens with zero attached hydrogens (tertiary/aromatic N) is 2. The number of amides is 1. The van der Waals surface area contributed by atoms with Crippen molar-refractivity contribution < 1.29 is 57.2 Å². The highest BCUT2D eigenvalue weighted by Crippen LogP contribution is 2.24. The molecule has 2 aromatic rings. The summed E-state index contributed by atoms with van der Waals surface area (Å²) in [6, 6.07) is 7.75. The normalized spacial score (nSPS) is 14.9. The van der Waals surface area contributed by atoms with Crippen LogP contribution in [0.1, 0.15) is 41.5 Å². The largest absolute Gasteiger partial charge is 1.00 e. The zero-order chi connectivity index (χ0) is 26.7. The van der Waals surface area contributed by atoms with Crippen LogP contribution in [0.2, 0.25) is 0 Å². The summed E-state index contributed by atoms with van der Waals surface area (Å²) in [6.45, 7) is 13.0. The van der Waals surface area contributed by atoms with Crippen LogP contribution in [0.3, 0.4) is 0 Å². The maximum atomic E-state index is 12.2. The van der Waals surface area contributed by atoms with Crippen molar-refractivity contribution in [3.8, 4) is 5.75 Å². The number of likely N-dealkylation sites (tertiary alicyclic amines) is 1. The van der Waals surface area contributed by atoms with Crippen LogP contribution in [0.25, 0.3) is 10.8 Å². The first kappa shape index (κ1) is 30.8. The maximum Gasteiger partial charge on any atom is 0.410 e. The Labute approximate surface area is 235 Å². The fraction of sp³-hybridized carbons (Fsp3) is 0.577. The molecule has 1 aliphatic rings. The number of hydrogen-bond donors (Lipinski definition) is 2. The van der Waals surface area contributed by atoms with E-state index in [2.05, 4.69) is 11.4 Å². The zero-order valence-electron chi connectivity index (χ0n) is 22.7. The van der Waals surface area contributed by atoms with Crippen LogP contribution in [0.4, 0.5) is 10.6 Å². The Kier molecular flexibility index (Phi) is 10.4. The summed E-state index contributed by atoms with van der Waals surface area (Å²) < 4.78 is 18.5. The maximum absolute atomic E-state index is 12.2. The van der Waals surface area contributed by atoms with Crippen LogP contribution < -0.4 is 44.5 Å². The molecule has 1 atom stereocenters. The molecule has 0 unspecified atom stereocenters. The van der Waals surface area contributed by atoms with E-state index in [1.54, 1.807) is 25.7 Å². The summed E-state index contributed by atoms with van der Waals surface area (Å²) in [5.74, 6) is 6.62. The molecule has 1 aromatic heterocycles. The van der Waals surface area contributed by atoms with Crippen molar-refractivity contribution in [1.82, 2.24) is 4.90 Å². The second-order valence-corrected chi connectivity index (χ2v) is 11.2. The molecule has 0 saturated carbocycles. The summed E-state index contributed by atoms with van der Waals surface area (Å²) in [5.41, 5.74) is -1.13. The van der Waals surface area contributed by atoms with Gasteiger partial charge in [0.1, 0.15) is 23.6 Å². The average Bonchev–Trinajstić information content (AvgIpc) is 2.70. The average molecular weight is 631 g/mol. The Hall–Kier alpha value is -2.38. The van der Waals surface area contributed by atoms with Gasteiger partial charge in [0.05, 0.1) is 19.8 Å². The number of benzene rings is 1. The number of rotatable bonds is 8. The number of pyridine rings is 1. The third-order valence-electron chi connectivity index (χ3n) is 5.48. The first-order chi connectivity index (χ1) is 16.7. The van der Waals surface area contributed by atoms with E-state index in [1.807, 2.05) is 56.8 Å². The van der Waals surface area contributed by atoms with Gasteiger partial charge in [-0.3, -0.25) is 10.2 Å². The van der Waals surface area contributed by atoms with Crippen molar-refractivity contribution in [2.45, 2.75) is 58.8 Å². The quantitative estimate of drug-likeness (QED) is 0.180. The third kappa shape index (κ3) is 9.15. The minimum Gasteiger partial charge on any atom is -1.00 e. The molecule has 10 nitrogen and oxygen atoms in total. The van der Waals surface area contributed by atoms with Gasteiger partial charge in [-0.1, -0.05) is 6.07 Å². The fourth-order valence-electron chi connectivity index (χ4n) is 3.71. The molecule has 0 spiro atoms. The lowest BCUT2D eigenvalue weighted by molar-refractivity contribution is -0.655. The van der Waals surface area contributed by atoms with Gasteiger partial charge >= 0.3 is 12.1 Å². The number of aryl methyl sites for hydroxylation is 1. The minimum absolute atomic E-state index is 0. The highest BCUT2D eigenvalue weighted by atomic mass is 127. The minimum atomic E-state index is -1.03. The summed E-state index contributed by atoms with van der Waals surface area (Å²) in [6.07, 6.45) is 0.715. The van der Waals surface area contributed by atoms with Crippen LogP contribution >= 0.6 is 0 Å². The molecule has 1 aliphatic heterocycles. The smallest absolute Gasteiger partial charge is 0.410 e. The van der Waals surface area contributed by atoms with Gasteiger partial charge in [0, 0.05) is 30.5 Å². The number of halogens is 1. The Balaban J connectivity index is 0.00000481. The molecule has 11 heteroatoms. The molecule has 206 valence electrons. The number of hydrogen-bond acceptors (Lipinski definition) is 8. The van der Waals surface area contributed by atoms with Crippen LogP contribution in [-0.4, -0.2) is 60.5 Å². The molecule has 1 saturated heterocycles. The SMILES string of the molecule is C[n+]1cc2cc(OC[C@H](ON)C(=O)OC(C)(C)C)ccc2cc1NCC1CN(C(=O)OC(C)(C)C)C1.[I-]. The Bertz CT molecular complexity index is 1090. The summed E-state index contributed by atoms with van der Waals surface area (Å²) in [4.78, 5) is 30.8. The summed E-state index contributed by atoms with van der Waals surface area (Å²) in [7, 11) is 1.96. The topological polar surface area (TPSA) is 116 Å². The molecule has 37 heavy (non-hydrogen) atoms. The van der Waals surface area contributed by atoms with E-state index < -0.39 is 23.3 Å². The van der Waals surface area contributed by atoms with E-state index in [-0.39, 0.29) is 36.7 Å². The van der Waals surface area contributed by atoms with E-state index in [0.717, 1.165) is 23.1 Å². The van der Waals surface area contributed by atoms with Gasteiger partial charge in [-0.05, 0) is 59.1 Å². The first-order valence-electron chi connectivity index (χ1n) is 12.1. The van der Waals surface area contributed by atoms with E-state index >= 15 is 0 Å². The monoisotopic (exact) mass is 630 g/mol. The van der Waals surface area contributed by atoms with Gasteiger partial charge in [-0.2, -0.15) is 0 Å². The standard InChI is InChI=1S/C26H38N4O6.HI/c1-25(2,3)34-23(31)21(36-27)16-33-20-9-8-18-11-22(29(7)15-19(18)10-20)28-12-17-13-30(14-17)24(32)35-26(4,5)6;/h8-11,15,17,21H,12-14,16,27H2,1-7H3;1H/t21-;/m0./s1. The van der Waals surface area contributed by atoms with Gasteiger partial charge < -0.3 is 43.1 Å². The molecule has 1 fully saturated rings. The second kappa shape index (κ2) is 12.4. The number of ether oxygens (including phenoxy) is 3. The molecule has 1 amide bonds. The summed E-state index contributed by atoms with van der Waals surface area (Å²) >= 11 is 0. The number of nitrogens with two attached hydrogens (primary N) is 1. The predicted molar refractivity (Wildman–Crippen MR) is 135 cm³/mol. The van der Waals surface area contributed by atoms with Gasteiger partial charge in [-0.25, -0.2) is 20.1 Å². The van der Waals surface area contributed by atoms with Gasteiger partial charge in [0.15, 0.2) is 0 Å². The van der Waals surface area contributed by atoms with Gasteiger partial charge in [-0.15, -0.1) is 0 Å². The number of anilines is 1. The Morgan fingerprint density at radius 3 is 2.32 bits per heavy atom. The van der Waals surface area contributed by atoms with Gasteiger partial charge in [0.25, 0.3) is 5.82 Å². The molecule has 3 N–H and O–H groups in total. The lowest BCUT2D eigenvalue weighted by Crippen LogP contribution is -3.00. The van der Waals surface area contributed by atoms with E-state index in [0.29, 0.717) is 24.8 Å². The van der Waals surface area contributed by atoms with Gasteiger partial charge in [0.2, 0.25) is 6.10 Å². The number of esters is 1. The fourth-order valence-corrected chi connectivity index (χ4v) is 3.71. The molecule has 3 rings (SSSR count). The number of aromatic nitrogens is 1. The van der Waals surface area contributed by atoms with Crippen LogP contribution in [0.5, 0.6) is 5.75 Å². The van der Waals surface area contributed by atoms with E-state index in [4.69, 9.17) is 24.9 Å². The lowest BCUT2D eigenvalue weighted by Gasteiger charge is -2.38.